The van der Waals surface area contributed by atoms with Gasteiger partial charge in [0.2, 0.25) is 0 Å². The van der Waals surface area contributed by atoms with Gasteiger partial charge in [0.25, 0.3) is 5.91 Å². The third kappa shape index (κ3) is 4.37. The second kappa shape index (κ2) is 6.54. The number of pyridine rings is 1. The van der Waals surface area contributed by atoms with E-state index in [-0.39, 0.29) is 12.1 Å². The molecule has 1 aromatic rings. The Morgan fingerprint density at radius 2 is 2.17 bits per heavy atom. The first-order chi connectivity index (χ1) is 8.50. The Bertz CT molecular complexity index is 451. The van der Waals surface area contributed by atoms with Crippen LogP contribution in [0.3, 0.4) is 0 Å². The van der Waals surface area contributed by atoms with E-state index in [1.165, 1.54) is 12.3 Å². The predicted octanol–water partition coefficient (Wildman–Crippen LogP) is 1.62. The van der Waals surface area contributed by atoms with Crippen LogP contribution in [0, 0.1) is 0 Å². The van der Waals surface area contributed by atoms with Crippen LogP contribution in [0.25, 0.3) is 0 Å². The quantitative estimate of drug-likeness (QED) is 0.776. The summed E-state index contributed by atoms with van der Waals surface area (Å²) in [5.41, 5.74) is 1.22. The molecule has 1 atom stereocenters. The standard InChI is InChI=1S/C13H16N2O3/c1-9(2)6-7-11(13(17)18)15-12(16)10-5-3-4-8-14-10/h3-6,8,11H,7H2,1-2H3,(H,15,16)(H,17,18)/t11-/m1/s1. The number of carboxylic acids is 1. The highest BCUT2D eigenvalue weighted by Gasteiger charge is 2.19. The summed E-state index contributed by atoms with van der Waals surface area (Å²) in [6.07, 6.45) is 3.52. The summed E-state index contributed by atoms with van der Waals surface area (Å²) in [4.78, 5) is 26.6. The van der Waals surface area contributed by atoms with Crippen molar-refractivity contribution in [2.45, 2.75) is 26.3 Å². The minimum absolute atomic E-state index is 0.209. The second-order valence-electron chi connectivity index (χ2n) is 4.10. The lowest BCUT2D eigenvalue weighted by atomic mass is 10.1. The maximum atomic E-state index is 11.7. The summed E-state index contributed by atoms with van der Waals surface area (Å²) in [6.45, 7) is 3.75. The molecule has 2 N–H and O–H groups in total. The zero-order chi connectivity index (χ0) is 13.5. The van der Waals surface area contributed by atoms with Crippen LogP contribution >= 0.6 is 0 Å². The Morgan fingerprint density at radius 1 is 1.44 bits per heavy atom. The van der Waals surface area contributed by atoms with Crippen LogP contribution in [-0.4, -0.2) is 28.0 Å². The Balaban J connectivity index is 2.70. The molecule has 0 saturated carbocycles. The van der Waals surface area contributed by atoms with Gasteiger partial charge in [0, 0.05) is 6.20 Å². The first-order valence-electron chi connectivity index (χ1n) is 5.58. The molecule has 5 nitrogen and oxygen atoms in total. The lowest BCUT2D eigenvalue weighted by Gasteiger charge is -2.12. The zero-order valence-corrected chi connectivity index (χ0v) is 10.4. The van der Waals surface area contributed by atoms with Crippen molar-refractivity contribution >= 4 is 11.9 Å². The molecule has 0 fully saturated rings. The van der Waals surface area contributed by atoms with E-state index in [1.807, 2.05) is 13.8 Å². The maximum Gasteiger partial charge on any atom is 0.326 e. The molecule has 0 aliphatic rings. The number of hydrogen-bond acceptors (Lipinski definition) is 3. The fourth-order valence-electron chi connectivity index (χ4n) is 1.30. The number of carbonyl (C=O) groups excluding carboxylic acids is 1. The average molecular weight is 248 g/mol. The molecule has 0 aliphatic carbocycles. The summed E-state index contributed by atoms with van der Waals surface area (Å²) in [7, 11) is 0. The first-order valence-corrected chi connectivity index (χ1v) is 5.58. The lowest BCUT2D eigenvalue weighted by Crippen LogP contribution is -2.40. The summed E-state index contributed by atoms with van der Waals surface area (Å²) >= 11 is 0. The summed E-state index contributed by atoms with van der Waals surface area (Å²) in [5.74, 6) is -1.54. The minimum atomic E-state index is -1.06. The van der Waals surface area contributed by atoms with E-state index < -0.39 is 17.9 Å². The number of amides is 1. The smallest absolute Gasteiger partial charge is 0.326 e. The van der Waals surface area contributed by atoms with Gasteiger partial charge in [-0.15, -0.1) is 0 Å². The Morgan fingerprint density at radius 3 is 2.67 bits per heavy atom. The number of rotatable bonds is 5. The number of aromatic nitrogens is 1. The SMILES string of the molecule is CC(C)=CC[C@@H](NC(=O)c1ccccn1)C(=O)O. The molecule has 1 aromatic heterocycles. The molecule has 0 radical (unpaired) electrons. The Hall–Kier alpha value is -2.17. The monoisotopic (exact) mass is 248 g/mol. The van der Waals surface area contributed by atoms with Gasteiger partial charge in [-0.25, -0.2) is 4.79 Å². The van der Waals surface area contributed by atoms with Crippen LogP contribution in [0.4, 0.5) is 0 Å². The largest absolute Gasteiger partial charge is 0.480 e. The molecule has 0 aliphatic heterocycles. The van der Waals surface area contributed by atoms with E-state index in [1.54, 1.807) is 18.2 Å². The van der Waals surface area contributed by atoms with Crippen LogP contribution in [0.5, 0.6) is 0 Å². The molecule has 1 heterocycles. The summed E-state index contributed by atoms with van der Waals surface area (Å²) in [5, 5.41) is 11.5. The van der Waals surface area contributed by atoms with Gasteiger partial charge in [0.15, 0.2) is 0 Å². The Labute approximate surface area is 106 Å². The van der Waals surface area contributed by atoms with Gasteiger partial charge in [-0.3, -0.25) is 9.78 Å². The van der Waals surface area contributed by atoms with E-state index in [0.717, 1.165) is 5.57 Å². The predicted molar refractivity (Wildman–Crippen MR) is 67.2 cm³/mol. The van der Waals surface area contributed by atoms with E-state index >= 15 is 0 Å². The van der Waals surface area contributed by atoms with Crippen LogP contribution in [0.15, 0.2) is 36.0 Å². The van der Waals surface area contributed by atoms with E-state index in [9.17, 15) is 9.59 Å². The Kier molecular flexibility index (Phi) is 5.05. The molecule has 0 aromatic carbocycles. The molecular formula is C13H16N2O3. The fraction of sp³-hybridized carbons (Fsp3) is 0.308. The van der Waals surface area contributed by atoms with Gasteiger partial charge in [-0.2, -0.15) is 0 Å². The van der Waals surface area contributed by atoms with Crippen molar-refractivity contribution in [3.63, 3.8) is 0 Å². The molecule has 0 bridgehead atoms. The molecule has 0 spiro atoms. The topological polar surface area (TPSA) is 79.3 Å². The number of aliphatic carboxylic acids is 1. The van der Waals surface area contributed by atoms with Gasteiger partial charge in [-0.1, -0.05) is 17.7 Å². The molecule has 1 amide bonds. The van der Waals surface area contributed by atoms with Crippen LogP contribution in [0.2, 0.25) is 0 Å². The summed E-state index contributed by atoms with van der Waals surface area (Å²) < 4.78 is 0. The normalized spacial score (nSPS) is 11.4. The van der Waals surface area contributed by atoms with Gasteiger partial charge in [0.05, 0.1) is 0 Å². The zero-order valence-electron chi connectivity index (χ0n) is 10.4. The molecule has 0 saturated heterocycles. The van der Waals surface area contributed by atoms with Crippen molar-refractivity contribution in [3.8, 4) is 0 Å². The number of nitrogens with one attached hydrogen (secondary N) is 1. The molecule has 18 heavy (non-hydrogen) atoms. The average Bonchev–Trinajstić information content (AvgIpc) is 2.34. The van der Waals surface area contributed by atoms with Crippen molar-refractivity contribution in [2.24, 2.45) is 0 Å². The molecule has 5 heteroatoms. The number of carbonyl (C=O) groups is 2. The van der Waals surface area contributed by atoms with Crippen molar-refractivity contribution in [1.29, 1.82) is 0 Å². The van der Waals surface area contributed by atoms with Crippen LogP contribution < -0.4 is 5.32 Å². The van der Waals surface area contributed by atoms with Gasteiger partial charge in [0.1, 0.15) is 11.7 Å². The number of nitrogens with zero attached hydrogens (tertiary/aromatic N) is 1. The van der Waals surface area contributed by atoms with Gasteiger partial charge >= 0.3 is 5.97 Å². The van der Waals surface area contributed by atoms with Crippen molar-refractivity contribution in [2.75, 3.05) is 0 Å². The third-order valence-electron chi connectivity index (χ3n) is 2.26. The summed E-state index contributed by atoms with van der Waals surface area (Å²) in [6, 6.07) is 3.96. The number of allylic oxidation sites excluding steroid dienone is 1. The van der Waals surface area contributed by atoms with Crippen LogP contribution in [-0.2, 0) is 4.79 Å². The van der Waals surface area contributed by atoms with E-state index in [0.29, 0.717) is 0 Å². The highest BCUT2D eigenvalue weighted by molar-refractivity contribution is 5.94. The number of carboxylic acid groups (broad SMARTS) is 1. The van der Waals surface area contributed by atoms with Crippen molar-refractivity contribution in [3.05, 3.63) is 41.7 Å². The minimum Gasteiger partial charge on any atom is -0.480 e. The first kappa shape index (κ1) is 13.9. The van der Waals surface area contributed by atoms with E-state index in [4.69, 9.17) is 5.11 Å². The molecule has 0 unspecified atom stereocenters. The second-order valence-corrected chi connectivity index (χ2v) is 4.10. The lowest BCUT2D eigenvalue weighted by molar-refractivity contribution is -0.139. The number of hydrogen-bond donors (Lipinski definition) is 2. The fourth-order valence-corrected chi connectivity index (χ4v) is 1.30. The third-order valence-corrected chi connectivity index (χ3v) is 2.26. The highest BCUT2D eigenvalue weighted by atomic mass is 16.4. The molecule has 96 valence electrons. The molecular weight excluding hydrogens is 232 g/mol. The van der Waals surface area contributed by atoms with Crippen molar-refractivity contribution < 1.29 is 14.7 Å². The highest BCUT2D eigenvalue weighted by Crippen LogP contribution is 2.01. The van der Waals surface area contributed by atoms with E-state index in [2.05, 4.69) is 10.3 Å². The molecule has 1 rings (SSSR count). The van der Waals surface area contributed by atoms with Crippen LogP contribution in [0.1, 0.15) is 30.8 Å². The maximum absolute atomic E-state index is 11.7. The van der Waals surface area contributed by atoms with Gasteiger partial charge < -0.3 is 10.4 Å². The van der Waals surface area contributed by atoms with Gasteiger partial charge in [-0.05, 0) is 32.4 Å². The van der Waals surface area contributed by atoms with Crippen molar-refractivity contribution in [1.82, 2.24) is 10.3 Å².